The quantitative estimate of drug-likeness (QED) is 0.226. The van der Waals surface area contributed by atoms with Gasteiger partial charge in [0.05, 0.1) is 17.3 Å². The lowest BCUT2D eigenvalue weighted by Crippen LogP contribution is -2.28. The first-order valence-corrected chi connectivity index (χ1v) is 13.3. The molecule has 1 saturated heterocycles. The fourth-order valence-electron chi connectivity index (χ4n) is 3.94. The van der Waals surface area contributed by atoms with Crippen LogP contribution in [0.1, 0.15) is 24.1 Å². The highest BCUT2D eigenvalue weighted by Gasteiger charge is 2.16. The molecule has 0 unspecified atom stereocenters. The fraction of sp³-hybridized carbons (Fsp3) is 0.222. The zero-order valence-corrected chi connectivity index (χ0v) is 23.2. The van der Waals surface area contributed by atoms with Gasteiger partial charge in [-0.2, -0.15) is 5.26 Å². The number of benzene rings is 2. The third-order valence-corrected chi connectivity index (χ3v) is 7.52. The van der Waals surface area contributed by atoms with Crippen LogP contribution >= 0.6 is 47.9 Å². The van der Waals surface area contributed by atoms with Crippen molar-refractivity contribution in [2.45, 2.75) is 29.1 Å². The summed E-state index contributed by atoms with van der Waals surface area (Å²) >= 11 is 3.17. The van der Waals surface area contributed by atoms with Gasteiger partial charge in [-0.05, 0) is 74.7 Å². The van der Waals surface area contributed by atoms with E-state index in [0.717, 1.165) is 45.9 Å². The molecule has 5 rings (SSSR count). The zero-order chi connectivity index (χ0) is 23.9. The Hall–Kier alpha value is -2.80. The van der Waals surface area contributed by atoms with Crippen molar-refractivity contribution < 1.29 is 4.74 Å². The molecule has 4 aromatic rings. The molecule has 0 radical (unpaired) electrons. The van der Waals surface area contributed by atoms with E-state index >= 15 is 0 Å². The second-order valence-corrected chi connectivity index (χ2v) is 10.3. The summed E-state index contributed by atoms with van der Waals surface area (Å²) in [4.78, 5) is 11.5. The molecule has 192 valence electrons. The van der Waals surface area contributed by atoms with E-state index in [1.54, 1.807) is 23.1 Å². The molecule has 37 heavy (non-hydrogen) atoms. The molecule has 6 nitrogen and oxygen atoms in total. The number of nitrogens with one attached hydrogen (secondary N) is 2. The molecule has 3 heterocycles. The Morgan fingerprint density at radius 1 is 1.05 bits per heavy atom. The van der Waals surface area contributed by atoms with E-state index in [9.17, 15) is 0 Å². The van der Waals surface area contributed by atoms with Gasteiger partial charge in [0.25, 0.3) is 0 Å². The van der Waals surface area contributed by atoms with Gasteiger partial charge in [0.2, 0.25) is 0 Å². The second kappa shape index (κ2) is 14.2. The summed E-state index contributed by atoms with van der Waals surface area (Å²) in [6.45, 7) is 2.19. The highest BCUT2D eigenvalue weighted by Crippen LogP contribution is 2.36. The summed E-state index contributed by atoms with van der Waals surface area (Å²) < 4.78 is 6.21. The Labute approximate surface area is 237 Å². The largest absolute Gasteiger partial charge is 0.453 e. The molecule has 1 aliphatic heterocycles. The molecular formula is C27H27Cl2N5OS2. The third kappa shape index (κ3) is 8.09. The summed E-state index contributed by atoms with van der Waals surface area (Å²) in [5.41, 5.74) is 1.77. The van der Waals surface area contributed by atoms with Crippen LogP contribution < -0.4 is 15.4 Å². The first-order valence-electron chi connectivity index (χ1n) is 11.6. The van der Waals surface area contributed by atoms with Gasteiger partial charge < -0.3 is 15.4 Å². The SMILES string of the molecule is Cl.Cl.N#Cc1ccc(Sc2cnc(Nc3nc(CC4CCNCC4)cs3)c(Oc3ccccc3)c2)cc1. The van der Waals surface area contributed by atoms with Crippen molar-refractivity contribution in [2.24, 2.45) is 5.92 Å². The Balaban J connectivity index is 0.00000190. The maximum atomic E-state index is 9.03. The Morgan fingerprint density at radius 2 is 1.81 bits per heavy atom. The minimum Gasteiger partial charge on any atom is -0.453 e. The highest BCUT2D eigenvalue weighted by atomic mass is 35.5. The lowest BCUT2D eigenvalue weighted by Gasteiger charge is -2.21. The molecule has 0 aliphatic carbocycles. The van der Waals surface area contributed by atoms with E-state index in [1.807, 2.05) is 66.9 Å². The van der Waals surface area contributed by atoms with E-state index in [-0.39, 0.29) is 24.8 Å². The molecule has 2 aromatic carbocycles. The van der Waals surface area contributed by atoms with Crippen molar-refractivity contribution in [3.8, 4) is 17.6 Å². The van der Waals surface area contributed by atoms with Crippen LogP contribution in [0.25, 0.3) is 0 Å². The van der Waals surface area contributed by atoms with Gasteiger partial charge in [-0.15, -0.1) is 36.2 Å². The molecule has 0 atom stereocenters. The molecule has 0 amide bonds. The number of halogens is 2. The number of thiazole rings is 1. The predicted molar refractivity (Wildman–Crippen MR) is 155 cm³/mol. The predicted octanol–water partition coefficient (Wildman–Crippen LogP) is 7.48. The van der Waals surface area contributed by atoms with E-state index in [4.69, 9.17) is 15.0 Å². The van der Waals surface area contributed by atoms with Crippen molar-refractivity contribution >= 4 is 58.9 Å². The van der Waals surface area contributed by atoms with Crippen molar-refractivity contribution in [3.63, 3.8) is 0 Å². The minimum atomic E-state index is 0. The Kier molecular flexibility index (Phi) is 11.1. The first-order chi connectivity index (χ1) is 17.2. The molecule has 2 aromatic heterocycles. The number of rotatable bonds is 8. The Morgan fingerprint density at radius 3 is 2.54 bits per heavy atom. The van der Waals surface area contributed by atoms with Gasteiger partial charge in [-0.1, -0.05) is 30.0 Å². The number of para-hydroxylation sites is 1. The number of nitriles is 1. The van der Waals surface area contributed by atoms with Crippen LogP contribution in [0.15, 0.2) is 82.0 Å². The number of nitrogens with zero attached hydrogens (tertiary/aromatic N) is 3. The van der Waals surface area contributed by atoms with Gasteiger partial charge in [-0.25, -0.2) is 9.97 Å². The van der Waals surface area contributed by atoms with E-state index in [1.165, 1.54) is 12.8 Å². The van der Waals surface area contributed by atoms with Gasteiger partial charge >= 0.3 is 0 Å². The normalized spacial score (nSPS) is 13.1. The first kappa shape index (κ1) is 28.8. The van der Waals surface area contributed by atoms with Crippen LogP contribution in [0.3, 0.4) is 0 Å². The van der Waals surface area contributed by atoms with E-state index < -0.39 is 0 Å². The molecule has 0 saturated carbocycles. The van der Waals surface area contributed by atoms with Crippen molar-refractivity contribution in [2.75, 3.05) is 18.4 Å². The zero-order valence-electron chi connectivity index (χ0n) is 19.9. The van der Waals surface area contributed by atoms with E-state index in [0.29, 0.717) is 23.0 Å². The topological polar surface area (TPSA) is 82.9 Å². The van der Waals surface area contributed by atoms with Crippen LogP contribution in [0, 0.1) is 17.2 Å². The summed E-state index contributed by atoms with van der Waals surface area (Å²) in [7, 11) is 0. The standard InChI is InChI=1S/C27H25N5OS2.2ClH/c28-16-20-6-8-23(9-7-20)35-24-15-25(33-22-4-2-1-3-5-22)26(30-17-24)32-27-31-21(18-34-27)14-19-10-12-29-13-11-19;;/h1-9,15,17-19,29H,10-14H2,(H,30,31,32);2*1H. The lowest BCUT2D eigenvalue weighted by molar-refractivity contribution is 0.370. The molecule has 1 fully saturated rings. The molecule has 0 bridgehead atoms. The maximum absolute atomic E-state index is 9.03. The summed E-state index contributed by atoms with van der Waals surface area (Å²) in [5.74, 6) is 2.69. The number of piperidine rings is 1. The lowest BCUT2D eigenvalue weighted by atomic mass is 9.94. The number of anilines is 2. The van der Waals surface area contributed by atoms with Gasteiger partial charge in [0.15, 0.2) is 16.7 Å². The summed E-state index contributed by atoms with van der Waals surface area (Å²) in [5, 5.41) is 18.8. The van der Waals surface area contributed by atoms with Crippen LogP contribution in [-0.4, -0.2) is 23.1 Å². The van der Waals surface area contributed by atoms with Gasteiger partial charge in [0.1, 0.15) is 5.75 Å². The number of hydrogen-bond acceptors (Lipinski definition) is 8. The van der Waals surface area contributed by atoms with Crippen molar-refractivity contribution in [3.05, 3.63) is 83.5 Å². The Bertz CT molecular complexity index is 1310. The number of pyridine rings is 1. The number of aromatic nitrogens is 2. The van der Waals surface area contributed by atoms with Crippen molar-refractivity contribution in [1.82, 2.24) is 15.3 Å². The highest BCUT2D eigenvalue weighted by molar-refractivity contribution is 7.99. The molecular weight excluding hydrogens is 545 g/mol. The third-order valence-electron chi connectivity index (χ3n) is 5.75. The number of ether oxygens (including phenoxy) is 1. The van der Waals surface area contributed by atoms with Crippen LogP contribution in [0.2, 0.25) is 0 Å². The molecule has 1 aliphatic rings. The molecule has 0 spiro atoms. The maximum Gasteiger partial charge on any atom is 0.188 e. The monoisotopic (exact) mass is 571 g/mol. The van der Waals surface area contributed by atoms with Crippen LogP contribution in [0.4, 0.5) is 10.9 Å². The smallest absolute Gasteiger partial charge is 0.188 e. The van der Waals surface area contributed by atoms with Gasteiger partial charge in [0, 0.05) is 27.4 Å². The summed E-state index contributed by atoms with van der Waals surface area (Å²) in [6, 6.07) is 21.3. The van der Waals surface area contributed by atoms with Crippen LogP contribution in [0.5, 0.6) is 11.5 Å². The second-order valence-electron chi connectivity index (χ2n) is 8.34. The van der Waals surface area contributed by atoms with Gasteiger partial charge in [-0.3, -0.25) is 0 Å². The average Bonchev–Trinajstić information content (AvgIpc) is 3.34. The van der Waals surface area contributed by atoms with E-state index in [2.05, 4.69) is 27.1 Å². The minimum absolute atomic E-state index is 0. The van der Waals surface area contributed by atoms with Crippen LogP contribution in [-0.2, 0) is 6.42 Å². The summed E-state index contributed by atoms with van der Waals surface area (Å²) in [6.07, 6.45) is 5.25. The molecule has 2 N–H and O–H groups in total. The number of hydrogen-bond donors (Lipinski definition) is 2. The average molecular weight is 573 g/mol. The van der Waals surface area contributed by atoms with Crippen molar-refractivity contribution in [1.29, 1.82) is 5.26 Å². The fourth-order valence-corrected chi connectivity index (χ4v) is 5.48. The molecule has 10 heteroatoms.